The molecule has 0 radical (unpaired) electrons. The molecule has 1 aliphatic carbocycles. The zero-order valence-electron chi connectivity index (χ0n) is 22.8. The first-order valence-corrected chi connectivity index (χ1v) is 15.5. The molecule has 1 saturated carbocycles. The molecule has 1 aliphatic rings. The van der Waals surface area contributed by atoms with E-state index in [1.165, 1.54) is 53.4 Å². The summed E-state index contributed by atoms with van der Waals surface area (Å²) < 4.78 is 43.4. The molecule has 1 fully saturated rings. The molecule has 1 atom stereocenters. The Balaban J connectivity index is 1.72. The van der Waals surface area contributed by atoms with Gasteiger partial charge in [-0.3, -0.25) is 13.9 Å². The summed E-state index contributed by atoms with van der Waals surface area (Å²) in [7, 11) is -4.28. The van der Waals surface area contributed by atoms with Crippen molar-refractivity contribution in [3.05, 3.63) is 93.7 Å². The molecule has 11 heteroatoms. The number of hydrogen-bond donors (Lipinski definition) is 1. The minimum Gasteiger partial charge on any atom is -0.352 e. The van der Waals surface area contributed by atoms with Crippen molar-refractivity contribution in [3.63, 3.8) is 0 Å². The van der Waals surface area contributed by atoms with E-state index in [1.54, 1.807) is 25.1 Å². The third-order valence-corrected chi connectivity index (χ3v) is 9.42. The first kappa shape index (κ1) is 30.8. The van der Waals surface area contributed by atoms with Gasteiger partial charge in [0.15, 0.2) is 0 Å². The van der Waals surface area contributed by atoms with Gasteiger partial charge in [-0.05, 0) is 63.1 Å². The summed E-state index contributed by atoms with van der Waals surface area (Å²) >= 11 is 12.4. The summed E-state index contributed by atoms with van der Waals surface area (Å²) in [6, 6.07) is 15.4. The van der Waals surface area contributed by atoms with Crippen LogP contribution in [0.4, 0.5) is 10.1 Å². The van der Waals surface area contributed by atoms with Crippen LogP contribution in [0.1, 0.15) is 43.7 Å². The Bertz CT molecular complexity index is 1490. The summed E-state index contributed by atoms with van der Waals surface area (Å²) in [5, 5.41) is 3.34. The number of nitrogens with one attached hydrogen (secondary N) is 1. The van der Waals surface area contributed by atoms with Crippen LogP contribution in [0.15, 0.2) is 71.6 Å². The molecule has 7 nitrogen and oxygen atoms in total. The van der Waals surface area contributed by atoms with Crippen LogP contribution in [0.2, 0.25) is 10.0 Å². The van der Waals surface area contributed by atoms with Gasteiger partial charge in [0.1, 0.15) is 18.4 Å². The molecular formula is C30H32Cl2FN3O4S. The fourth-order valence-corrected chi connectivity index (χ4v) is 6.75. The van der Waals surface area contributed by atoms with Crippen molar-refractivity contribution in [2.24, 2.45) is 0 Å². The quantitative estimate of drug-likeness (QED) is 0.296. The first-order valence-electron chi connectivity index (χ1n) is 13.3. The lowest BCUT2D eigenvalue weighted by molar-refractivity contribution is -0.139. The van der Waals surface area contributed by atoms with Gasteiger partial charge in [0.25, 0.3) is 10.0 Å². The molecular weight excluding hydrogens is 588 g/mol. The van der Waals surface area contributed by atoms with Gasteiger partial charge in [0, 0.05) is 28.2 Å². The number of halogens is 3. The molecule has 0 aliphatic heterocycles. The number of carbonyl (C=O) groups is 2. The van der Waals surface area contributed by atoms with Gasteiger partial charge in [-0.15, -0.1) is 0 Å². The molecule has 3 aromatic rings. The van der Waals surface area contributed by atoms with Gasteiger partial charge in [-0.1, -0.05) is 71.9 Å². The smallest absolute Gasteiger partial charge is 0.264 e. The number of hydrogen-bond acceptors (Lipinski definition) is 4. The van der Waals surface area contributed by atoms with Crippen LogP contribution in [0.3, 0.4) is 0 Å². The molecule has 1 N–H and O–H groups in total. The topological polar surface area (TPSA) is 86.8 Å². The Labute approximate surface area is 250 Å². The van der Waals surface area contributed by atoms with Gasteiger partial charge in [0.05, 0.1) is 10.6 Å². The van der Waals surface area contributed by atoms with Crippen LogP contribution >= 0.6 is 23.2 Å². The van der Waals surface area contributed by atoms with E-state index in [4.69, 9.17) is 23.2 Å². The highest BCUT2D eigenvalue weighted by Crippen LogP contribution is 2.30. The van der Waals surface area contributed by atoms with Gasteiger partial charge < -0.3 is 10.2 Å². The van der Waals surface area contributed by atoms with Gasteiger partial charge >= 0.3 is 0 Å². The lowest BCUT2D eigenvalue weighted by Crippen LogP contribution is -2.52. The van der Waals surface area contributed by atoms with Gasteiger partial charge in [-0.2, -0.15) is 0 Å². The summed E-state index contributed by atoms with van der Waals surface area (Å²) in [5.41, 5.74) is 1.13. The lowest BCUT2D eigenvalue weighted by atomic mass is 10.1. The predicted octanol–water partition coefficient (Wildman–Crippen LogP) is 6.11. The zero-order valence-corrected chi connectivity index (χ0v) is 25.1. The molecule has 218 valence electrons. The Kier molecular flexibility index (Phi) is 9.94. The summed E-state index contributed by atoms with van der Waals surface area (Å²) in [4.78, 5) is 28.4. The van der Waals surface area contributed by atoms with E-state index >= 15 is 0 Å². The van der Waals surface area contributed by atoms with Crippen LogP contribution in [0, 0.1) is 12.7 Å². The van der Waals surface area contributed by atoms with Crippen molar-refractivity contribution in [1.82, 2.24) is 10.2 Å². The van der Waals surface area contributed by atoms with Crippen LogP contribution in [0.5, 0.6) is 0 Å². The molecule has 0 spiro atoms. The van der Waals surface area contributed by atoms with Gasteiger partial charge in [-0.25, -0.2) is 12.8 Å². The maximum atomic E-state index is 14.7. The minimum atomic E-state index is -4.28. The predicted molar refractivity (Wildman–Crippen MR) is 159 cm³/mol. The van der Waals surface area contributed by atoms with Crippen LogP contribution in [0.25, 0.3) is 0 Å². The van der Waals surface area contributed by atoms with E-state index < -0.39 is 34.3 Å². The van der Waals surface area contributed by atoms with E-state index in [-0.39, 0.29) is 44.7 Å². The second-order valence-electron chi connectivity index (χ2n) is 10.2. The van der Waals surface area contributed by atoms with E-state index in [2.05, 4.69) is 5.32 Å². The highest BCUT2D eigenvalue weighted by molar-refractivity contribution is 7.92. The average molecular weight is 621 g/mol. The monoisotopic (exact) mass is 619 g/mol. The molecule has 41 heavy (non-hydrogen) atoms. The summed E-state index contributed by atoms with van der Waals surface area (Å²) in [6.45, 7) is 2.47. The molecule has 3 aromatic carbocycles. The summed E-state index contributed by atoms with van der Waals surface area (Å²) in [5.74, 6) is -1.63. The summed E-state index contributed by atoms with van der Waals surface area (Å²) in [6.07, 6.45) is 3.70. The van der Waals surface area contributed by atoms with E-state index in [9.17, 15) is 22.4 Å². The molecule has 0 aromatic heterocycles. The number of carbonyl (C=O) groups excluding carboxylic acids is 2. The second-order valence-corrected chi connectivity index (χ2v) is 13.0. The standard InChI is InChI=1S/C30H32Cl2FN3O4S/c1-20-11-13-27(14-12-20)41(39,40)36(26-16-23(31)15-24(32)17-26)19-29(37)35(18-22-7-3-6-10-28(22)33)21(2)30(38)34-25-8-4-5-9-25/h3,6-7,10-17,21,25H,4-5,8-9,18-19H2,1-2H3,(H,34,38)/t21-/m0/s1. The molecule has 0 saturated heterocycles. The van der Waals surface area contributed by atoms with Crippen molar-refractivity contribution in [1.29, 1.82) is 0 Å². The van der Waals surface area contributed by atoms with Crippen LogP contribution in [-0.4, -0.2) is 43.8 Å². The molecule has 0 bridgehead atoms. The molecule has 4 rings (SSSR count). The van der Waals surface area contributed by atoms with Crippen molar-refractivity contribution in [2.45, 2.75) is 63.1 Å². The van der Waals surface area contributed by atoms with E-state index in [0.717, 1.165) is 35.6 Å². The number of anilines is 1. The average Bonchev–Trinajstić information content (AvgIpc) is 3.43. The number of amides is 2. The van der Waals surface area contributed by atoms with Crippen molar-refractivity contribution >= 4 is 50.7 Å². The maximum Gasteiger partial charge on any atom is 0.264 e. The highest BCUT2D eigenvalue weighted by Gasteiger charge is 2.34. The van der Waals surface area contributed by atoms with Gasteiger partial charge in [0.2, 0.25) is 11.8 Å². The van der Waals surface area contributed by atoms with E-state index in [1.807, 2.05) is 6.92 Å². The van der Waals surface area contributed by atoms with Crippen molar-refractivity contribution in [3.8, 4) is 0 Å². The Morgan fingerprint density at radius 2 is 1.61 bits per heavy atom. The van der Waals surface area contributed by atoms with Crippen LogP contribution in [-0.2, 0) is 26.2 Å². The lowest BCUT2D eigenvalue weighted by Gasteiger charge is -2.32. The van der Waals surface area contributed by atoms with Crippen molar-refractivity contribution in [2.75, 3.05) is 10.8 Å². The zero-order chi connectivity index (χ0) is 29.7. The first-order chi connectivity index (χ1) is 19.5. The molecule has 2 amide bonds. The Morgan fingerprint density at radius 3 is 2.22 bits per heavy atom. The van der Waals surface area contributed by atoms with Crippen LogP contribution < -0.4 is 9.62 Å². The maximum absolute atomic E-state index is 14.7. The number of aryl methyl sites for hydroxylation is 1. The third-order valence-electron chi connectivity index (χ3n) is 7.19. The molecule has 0 heterocycles. The SMILES string of the molecule is Cc1ccc(S(=O)(=O)N(CC(=O)N(Cc2ccccc2F)[C@@H](C)C(=O)NC2CCCC2)c2cc(Cl)cc(Cl)c2)cc1. The number of benzene rings is 3. The fraction of sp³-hybridized carbons (Fsp3) is 0.333. The molecule has 0 unspecified atom stereocenters. The third kappa shape index (κ3) is 7.58. The Hall–Kier alpha value is -3.14. The highest BCUT2D eigenvalue weighted by atomic mass is 35.5. The normalized spacial score (nSPS) is 14.5. The number of nitrogens with zero attached hydrogens (tertiary/aromatic N) is 2. The Morgan fingerprint density at radius 1 is 1.00 bits per heavy atom. The second kappa shape index (κ2) is 13.2. The number of sulfonamides is 1. The number of rotatable bonds is 10. The van der Waals surface area contributed by atoms with Crippen molar-refractivity contribution < 1.29 is 22.4 Å². The fourth-order valence-electron chi connectivity index (χ4n) is 4.83. The van der Waals surface area contributed by atoms with E-state index in [0.29, 0.717) is 0 Å². The largest absolute Gasteiger partial charge is 0.352 e. The minimum absolute atomic E-state index is 0.00220.